The van der Waals surface area contributed by atoms with E-state index in [1.54, 1.807) is 0 Å². The van der Waals surface area contributed by atoms with Crippen molar-refractivity contribution in [1.29, 1.82) is 0 Å². The number of carbonyl (C=O) groups is 2. The van der Waals surface area contributed by atoms with E-state index in [0.717, 1.165) is 43.6 Å². The zero-order valence-electron chi connectivity index (χ0n) is 14.8. The highest BCUT2D eigenvalue weighted by atomic mass is 35.5. The second-order valence-corrected chi connectivity index (χ2v) is 6.95. The van der Waals surface area contributed by atoms with Crippen LogP contribution in [0.2, 0.25) is 0 Å². The van der Waals surface area contributed by atoms with Crippen molar-refractivity contribution < 1.29 is 9.59 Å². The molecule has 0 unspecified atom stereocenters. The van der Waals surface area contributed by atoms with Crippen molar-refractivity contribution in [3.8, 4) is 0 Å². The lowest BCUT2D eigenvalue weighted by molar-refractivity contribution is -0.124. The molecule has 0 aromatic heterocycles. The summed E-state index contributed by atoms with van der Waals surface area (Å²) < 4.78 is 0. The number of hydrogen-bond donors (Lipinski definition) is 2. The fourth-order valence-corrected chi connectivity index (χ4v) is 3.60. The molecule has 6 heteroatoms. The lowest BCUT2D eigenvalue weighted by Gasteiger charge is -2.34. The van der Waals surface area contributed by atoms with Crippen molar-refractivity contribution in [2.24, 2.45) is 5.92 Å². The maximum atomic E-state index is 12.6. The van der Waals surface area contributed by atoms with Crippen molar-refractivity contribution in [2.45, 2.75) is 45.2 Å². The molecule has 5 nitrogen and oxygen atoms in total. The number of nitrogens with zero attached hydrogens (tertiary/aromatic N) is 1. The maximum Gasteiger partial charge on any atom is 0.254 e. The summed E-state index contributed by atoms with van der Waals surface area (Å²) in [5.41, 5.74) is 1.75. The molecule has 1 saturated heterocycles. The topological polar surface area (TPSA) is 61.4 Å². The van der Waals surface area contributed by atoms with Gasteiger partial charge < -0.3 is 15.5 Å². The predicted octanol–water partition coefficient (Wildman–Crippen LogP) is 2.35. The van der Waals surface area contributed by atoms with E-state index in [9.17, 15) is 9.59 Å². The summed E-state index contributed by atoms with van der Waals surface area (Å²) in [4.78, 5) is 26.6. The molecule has 0 spiro atoms. The van der Waals surface area contributed by atoms with E-state index in [1.165, 1.54) is 12.8 Å². The van der Waals surface area contributed by atoms with Crippen LogP contribution in [0.1, 0.15) is 48.5 Å². The highest BCUT2D eigenvalue weighted by Crippen LogP contribution is 2.24. The number of amides is 2. The second-order valence-electron chi connectivity index (χ2n) is 6.95. The second kappa shape index (κ2) is 9.20. The van der Waals surface area contributed by atoms with E-state index in [0.29, 0.717) is 6.54 Å². The van der Waals surface area contributed by atoms with Crippen LogP contribution in [-0.2, 0) is 11.3 Å². The smallest absolute Gasteiger partial charge is 0.254 e. The zero-order valence-corrected chi connectivity index (χ0v) is 15.6. The molecule has 1 heterocycles. The Morgan fingerprint density at radius 1 is 1.20 bits per heavy atom. The van der Waals surface area contributed by atoms with Crippen molar-refractivity contribution in [3.05, 3.63) is 35.4 Å². The quantitative estimate of drug-likeness (QED) is 0.861. The Kier molecular flexibility index (Phi) is 7.26. The van der Waals surface area contributed by atoms with Gasteiger partial charge in [0.25, 0.3) is 5.91 Å². The molecule has 1 aromatic rings. The van der Waals surface area contributed by atoms with Gasteiger partial charge in [-0.05, 0) is 37.5 Å². The predicted molar refractivity (Wildman–Crippen MR) is 101 cm³/mol. The first-order chi connectivity index (χ1) is 11.6. The molecule has 0 bridgehead atoms. The number of halogens is 1. The third-order valence-corrected chi connectivity index (χ3v) is 5.16. The van der Waals surface area contributed by atoms with Crippen LogP contribution in [-0.4, -0.2) is 42.4 Å². The van der Waals surface area contributed by atoms with E-state index < -0.39 is 0 Å². The summed E-state index contributed by atoms with van der Waals surface area (Å²) in [6.45, 7) is 5.04. The number of benzene rings is 1. The Morgan fingerprint density at radius 3 is 2.52 bits per heavy atom. The Bertz CT molecular complexity index is 585. The van der Waals surface area contributed by atoms with Gasteiger partial charge >= 0.3 is 0 Å². The van der Waals surface area contributed by atoms with Gasteiger partial charge in [0.15, 0.2) is 0 Å². The number of hydrogen-bond acceptors (Lipinski definition) is 3. The van der Waals surface area contributed by atoms with Gasteiger partial charge in [0.1, 0.15) is 0 Å². The number of rotatable bonds is 4. The molecule has 138 valence electrons. The number of nitrogens with one attached hydrogen (secondary N) is 2. The van der Waals surface area contributed by atoms with Crippen LogP contribution in [0.25, 0.3) is 0 Å². The van der Waals surface area contributed by atoms with Gasteiger partial charge in [0.2, 0.25) is 5.91 Å². The van der Waals surface area contributed by atoms with Crippen LogP contribution in [0.4, 0.5) is 0 Å². The Balaban J connectivity index is 0.00000225. The van der Waals surface area contributed by atoms with Gasteiger partial charge in [-0.1, -0.05) is 25.0 Å². The molecule has 3 rings (SSSR count). The first kappa shape index (κ1) is 19.7. The van der Waals surface area contributed by atoms with Gasteiger partial charge in [-0.25, -0.2) is 0 Å². The van der Waals surface area contributed by atoms with Gasteiger partial charge in [-0.2, -0.15) is 0 Å². The van der Waals surface area contributed by atoms with E-state index in [1.807, 2.05) is 29.2 Å². The highest BCUT2D eigenvalue weighted by molar-refractivity contribution is 5.94. The fourth-order valence-electron chi connectivity index (χ4n) is 3.60. The molecule has 2 amide bonds. The third-order valence-electron chi connectivity index (χ3n) is 5.16. The van der Waals surface area contributed by atoms with Crippen molar-refractivity contribution in [3.63, 3.8) is 0 Å². The van der Waals surface area contributed by atoms with Gasteiger partial charge in [0.05, 0.1) is 0 Å². The van der Waals surface area contributed by atoms with Crippen LogP contribution >= 0.6 is 12.4 Å². The van der Waals surface area contributed by atoms with Crippen LogP contribution in [0.3, 0.4) is 0 Å². The summed E-state index contributed by atoms with van der Waals surface area (Å²) in [5, 5.41) is 6.31. The molecule has 1 aliphatic carbocycles. The van der Waals surface area contributed by atoms with Crippen LogP contribution in [0, 0.1) is 5.92 Å². The Morgan fingerprint density at radius 2 is 1.88 bits per heavy atom. The molecule has 1 aromatic carbocycles. The average Bonchev–Trinajstić information content (AvgIpc) is 3.15. The third kappa shape index (κ3) is 4.95. The molecule has 25 heavy (non-hydrogen) atoms. The Labute approximate surface area is 155 Å². The molecule has 2 aliphatic rings. The highest BCUT2D eigenvalue weighted by Gasteiger charge is 2.24. The van der Waals surface area contributed by atoms with E-state index in [4.69, 9.17) is 0 Å². The molecule has 1 saturated carbocycles. The van der Waals surface area contributed by atoms with Crippen LogP contribution in [0.15, 0.2) is 24.3 Å². The van der Waals surface area contributed by atoms with E-state index >= 15 is 0 Å². The maximum absolute atomic E-state index is 12.6. The first-order valence-electron chi connectivity index (χ1n) is 9.03. The van der Waals surface area contributed by atoms with Crippen molar-refractivity contribution >= 4 is 24.2 Å². The molecule has 0 radical (unpaired) electrons. The largest absolute Gasteiger partial charge is 0.352 e. The monoisotopic (exact) mass is 365 g/mol. The summed E-state index contributed by atoms with van der Waals surface area (Å²) in [5.74, 6) is 0.452. The number of carbonyl (C=O) groups excluding carboxylic acids is 2. The standard InChI is InChI=1S/C19H27N3O2.ClH/c1-14-12-20-10-11-22(14)19(24)17-8-6-15(7-9-17)13-21-18(23)16-4-2-3-5-16;/h6-9,14,16,20H,2-5,10-13H2,1H3,(H,21,23);1H/t14-;/m1./s1. The van der Waals surface area contributed by atoms with Crippen LogP contribution in [0.5, 0.6) is 0 Å². The Hall–Kier alpha value is -1.59. The minimum Gasteiger partial charge on any atom is -0.352 e. The first-order valence-corrected chi connectivity index (χ1v) is 9.03. The normalized spacial score (nSPS) is 20.8. The van der Waals surface area contributed by atoms with Gasteiger partial charge in [0, 0.05) is 43.7 Å². The minimum atomic E-state index is 0. The molecule has 2 fully saturated rings. The summed E-state index contributed by atoms with van der Waals surface area (Å²) in [6.07, 6.45) is 4.36. The molecule has 1 atom stereocenters. The van der Waals surface area contributed by atoms with Crippen LogP contribution < -0.4 is 10.6 Å². The number of piperazine rings is 1. The summed E-state index contributed by atoms with van der Waals surface area (Å²) in [6, 6.07) is 7.84. The van der Waals surface area contributed by atoms with Gasteiger partial charge in [-0.3, -0.25) is 9.59 Å². The molecule has 1 aliphatic heterocycles. The zero-order chi connectivity index (χ0) is 16.9. The lowest BCUT2D eigenvalue weighted by Crippen LogP contribution is -2.52. The molecular weight excluding hydrogens is 338 g/mol. The molecule has 2 N–H and O–H groups in total. The van der Waals surface area contributed by atoms with Crippen molar-refractivity contribution in [1.82, 2.24) is 15.5 Å². The van der Waals surface area contributed by atoms with Crippen molar-refractivity contribution in [2.75, 3.05) is 19.6 Å². The summed E-state index contributed by atoms with van der Waals surface area (Å²) >= 11 is 0. The minimum absolute atomic E-state index is 0. The lowest BCUT2D eigenvalue weighted by atomic mass is 10.1. The average molecular weight is 366 g/mol. The fraction of sp³-hybridized carbons (Fsp3) is 0.579. The summed E-state index contributed by atoms with van der Waals surface area (Å²) in [7, 11) is 0. The molecular formula is C19H28ClN3O2. The SMILES string of the molecule is C[C@@H]1CNCCN1C(=O)c1ccc(CNC(=O)C2CCCC2)cc1.Cl. The van der Waals surface area contributed by atoms with Gasteiger partial charge in [-0.15, -0.1) is 12.4 Å². The van der Waals surface area contributed by atoms with E-state index in [-0.39, 0.29) is 36.2 Å². The van der Waals surface area contributed by atoms with E-state index in [2.05, 4.69) is 17.6 Å².